The second-order valence-corrected chi connectivity index (χ2v) is 4.71. The molecule has 2 rings (SSSR count). The summed E-state index contributed by atoms with van der Waals surface area (Å²) in [6.45, 7) is 2.02. The summed E-state index contributed by atoms with van der Waals surface area (Å²) in [6, 6.07) is 14.3. The van der Waals surface area contributed by atoms with Crippen LogP contribution in [0.3, 0.4) is 0 Å². The second kappa shape index (κ2) is 6.31. The molecule has 0 radical (unpaired) electrons. The topological polar surface area (TPSA) is 33.1 Å². The van der Waals surface area contributed by atoms with E-state index >= 15 is 0 Å². The molecule has 0 aliphatic rings. The number of hydrogen-bond donors (Lipinski definition) is 1. The number of hydrogen-bond acceptors (Lipinski definition) is 2. The zero-order valence-corrected chi connectivity index (χ0v) is 10.7. The summed E-state index contributed by atoms with van der Waals surface area (Å²) in [5.41, 5.74) is 3.38. The highest BCUT2D eigenvalue weighted by molar-refractivity contribution is 5.15. The zero-order chi connectivity index (χ0) is 12.8. The predicted molar refractivity (Wildman–Crippen MR) is 73.4 cm³/mol. The van der Waals surface area contributed by atoms with E-state index in [1.165, 1.54) is 5.56 Å². The maximum atomic E-state index is 9.99. The Balaban J connectivity index is 1.82. The molecule has 1 heterocycles. The number of aliphatic hydroxyl groups is 1. The van der Waals surface area contributed by atoms with Crippen LogP contribution in [0.4, 0.5) is 0 Å². The molecular formula is C16H19NO. The summed E-state index contributed by atoms with van der Waals surface area (Å²) in [5, 5.41) is 9.99. The van der Waals surface area contributed by atoms with Crippen molar-refractivity contribution < 1.29 is 5.11 Å². The fraction of sp³-hybridized carbons (Fsp3) is 0.312. The maximum absolute atomic E-state index is 9.99. The first-order valence-corrected chi connectivity index (χ1v) is 6.37. The molecule has 2 heteroatoms. The fourth-order valence-electron chi connectivity index (χ4n) is 1.94. The van der Waals surface area contributed by atoms with Gasteiger partial charge in [0.2, 0.25) is 0 Å². The van der Waals surface area contributed by atoms with E-state index in [-0.39, 0.29) is 6.10 Å². The van der Waals surface area contributed by atoms with Crippen molar-refractivity contribution in [2.24, 2.45) is 0 Å². The molecule has 2 nitrogen and oxygen atoms in total. The van der Waals surface area contributed by atoms with Crippen LogP contribution in [0.25, 0.3) is 0 Å². The molecule has 0 saturated carbocycles. The molecule has 0 saturated heterocycles. The molecular weight excluding hydrogens is 222 g/mol. The Hall–Kier alpha value is -1.67. The highest BCUT2D eigenvalue weighted by atomic mass is 16.3. The Kier molecular flexibility index (Phi) is 4.48. The molecule has 94 valence electrons. The lowest BCUT2D eigenvalue weighted by molar-refractivity contribution is 0.164. The average molecular weight is 241 g/mol. The zero-order valence-electron chi connectivity index (χ0n) is 10.7. The van der Waals surface area contributed by atoms with E-state index in [1.54, 1.807) is 0 Å². The van der Waals surface area contributed by atoms with Gasteiger partial charge in [0.1, 0.15) is 0 Å². The highest BCUT2D eigenvalue weighted by Crippen LogP contribution is 2.09. The monoisotopic (exact) mass is 241 g/mol. The first kappa shape index (κ1) is 12.8. The van der Waals surface area contributed by atoms with Crippen molar-refractivity contribution >= 4 is 0 Å². The lowest BCUT2D eigenvalue weighted by Gasteiger charge is -2.10. The van der Waals surface area contributed by atoms with Gasteiger partial charge in [0, 0.05) is 18.3 Å². The van der Waals surface area contributed by atoms with E-state index in [4.69, 9.17) is 0 Å². The third-order valence-corrected chi connectivity index (χ3v) is 3.03. The molecule has 1 atom stereocenters. The van der Waals surface area contributed by atoms with Gasteiger partial charge in [-0.15, -0.1) is 0 Å². The molecule has 0 aliphatic carbocycles. The van der Waals surface area contributed by atoms with Crippen molar-refractivity contribution in [3.05, 3.63) is 65.5 Å². The molecule has 1 aromatic carbocycles. The van der Waals surface area contributed by atoms with Crippen LogP contribution in [-0.4, -0.2) is 16.2 Å². The minimum absolute atomic E-state index is 0.319. The number of aryl methyl sites for hydroxylation is 2. The van der Waals surface area contributed by atoms with Gasteiger partial charge in [0.25, 0.3) is 0 Å². The van der Waals surface area contributed by atoms with Gasteiger partial charge < -0.3 is 5.11 Å². The van der Waals surface area contributed by atoms with E-state index in [0.29, 0.717) is 6.42 Å². The van der Waals surface area contributed by atoms with Crippen LogP contribution < -0.4 is 0 Å². The quantitative estimate of drug-likeness (QED) is 0.873. The van der Waals surface area contributed by atoms with Gasteiger partial charge in [-0.25, -0.2) is 0 Å². The Morgan fingerprint density at radius 1 is 1.11 bits per heavy atom. The molecule has 0 fully saturated rings. The van der Waals surface area contributed by atoms with Gasteiger partial charge in [0.15, 0.2) is 0 Å². The van der Waals surface area contributed by atoms with Gasteiger partial charge in [-0.3, -0.25) is 4.98 Å². The van der Waals surface area contributed by atoms with Crippen molar-refractivity contribution in [3.8, 4) is 0 Å². The Labute approximate surface area is 108 Å². The van der Waals surface area contributed by atoms with Crippen LogP contribution in [-0.2, 0) is 12.8 Å². The predicted octanol–water partition coefficient (Wildman–Crippen LogP) is 2.93. The minimum Gasteiger partial charge on any atom is -0.393 e. The first-order valence-electron chi connectivity index (χ1n) is 6.37. The van der Waals surface area contributed by atoms with Crippen LogP contribution in [0.15, 0.2) is 48.7 Å². The summed E-state index contributed by atoms with van der Waals surface area (Å²) in [7, 11) is 0. The summed E-state index contributed by atoms with van der Waals surface area (Å²) in [6.07, 6.45) is 3.85. The van der Waals surface area contributed by atoms with Crippen molar-refractivity contribution in [2.75, 3.05) is 0 Å². The van der Waals surface area contributed by atoms with Crippen molar-refractivity contribution in [1.29, 1.82) is 0 Å². The fourth-order valence-corrected chi connectivity index (χ4v) is 1.94. The number of aromatic nitrogens is 1. The smallest absolute Gasteiger partial charge is 0.0598 e. The molecule has 1 N–H and O–H groups in total. The number of nitrogens with zero attached hydrogens (tertiary/aromatic N) is 1. The number of aliphatic hydroxyl groups excluding tert-OH is 1. The van der Waals surface area contributed by atoms with Crippen molar-refractivity contribution in [2.45, 2.75) is 32.3 Å². The van der Waals surface area contributed by atoms with Gasteiger partial charge in [-0.1, -0.05) is 36.4 Å². The number of rotatable bonds is 5. The first-order chi connectivity index (χ1) is 8.74. The highest BCUT2D eigenvalue weighted by Gasteiger charge is 2.06. The number of pyridine rings is 1. The number of benzene rings is 1. The normalized spacial score (nSPS) is 12.3. The van der Waals surface area contributed by atoms with Crippen LogP contribution >= 0.6 is 0 Å². The van der Waals surface area contributed by atoms with Crippen LogP contribution in [0.1, 0.15) is 23.2 Å². The van der Waals surface area contributed by atoms with Crippen LogP contribution in [0.5, 0.6) is 0 Å². The molecule has 2 aromatic rings. The Bertz CT molecular complexity index is 464. The third kappa shape index (κ3) is 3.97. The van der Waals surface area contributed by atoms with E-state index in [0.717, 1.165) is 24.1 Å². The summed E-state index contributed by atoms with van der Waals surface area (Å²) in [4.78, 5) is 4.31. The molecule has 0 bridgehead atoms. The SMILES string of the molecule is Cc1ccc(CC(O)CCc2ccccc2)nc1. The van der Waals surface area contributed by atoms with Crippen molar-refractivity contribution in [3.63, 3.8) is 0 Å². The molecule has 0 aliphatic heterocycles. The summed E-state index contributed by atoms with van der Waals surface area (Å²) < 4.78 is 0. The molecule has 1 unspecified atom stereocenters. The lowest BCUT2D eigenvalue weighted by atomic mass is 10.0. The van der Waals surface area contributed by atoms with Crippen LogP contribution in [0.2, 0.25) is 0 Å². The van der Waals surface area contributed by atoms with Gasteiger partial charge in [-0.05, 0) is 37.0 Å². The van der Waals surface area contributed by atoms with Crippen molar-refractivity contribution in [1.82, 2.24) is 4.98 Å². The van der Waals surface area contributed by atoms with E-state index in [2.05, 4.69) is 17.1 Å². The summed E-state index contributed by atoms with van der Waals surface area (Å²) >= 11 is 0. The molecule has 0 amide bonds. The average Bonchev–Trinajstić information content (AvgIpc) is 2.40. The maximum Gasteiger partial charge on any atom is 0.0598 e. The van der Waals surface area contributed by atoms with Gasteiger partial charge in [0.05, 0.1) is 6.10 Å². The van der Waals surface area contributed by atoms with E-state index < -0.39 is 0 Å². The van der Waals surface area contributed by atoms with E-state index in [1.807, 2.05) is 43.5 Å². The molecule has 0 spiro atoms. The molecule has 1 aromatic heterocycles. The van der Waals surface area contributed by atoms with Gasteiger partial charge >= 0.3 is 0 Å². The standard InChI is InChI=1S/C16H19NO/c1-13-7-9-15(17-12-13)11-16(18)10-8-14-5-3-2-4-6-14/h2-7,9,12,16,18H,8,10-11H2,1H3. The minimum atomic E-state index is -0.319. The molecule has 18 heavy (non-hydrogen) atoms. The lowest BCUT2D eigenvalue weighted by Crippen LogP contribution is -2.12. The van der Waals surface area contributed by atoms with E-state index in [9.17, 15) is 5.11 Å². The third-order valence-electron chi connectivity index (χ3n) is 3.03. The second-order valence-electron chi connectivity index (χ2n) is 4.71. The largest absolute Gasteiger partial charge is 0.393 e. The summed E-state index contributed by atoms with van der Waals surface area (Å²) in [5.74, 6) is 0. The van der Waals surface area contributed by atoms with Gasteiger partial charge in [-0.2, -0.15) is 0 Å². The van der Waals surface area contributed by atoms with Crippen LogP contribution in [0, 0.1) is 6.92 Å². The Morgan fingerprint density at radius 2 is 1.89 bits per heavy atom. The Morgan fingerprint density at radius 3 is 2.56 bits per heavy atom.